The molecule has 0 unspecified atom stereocenters. The minimum absolute atomic E-state index is 0.375. The lowest BCUT2D eigenvalue weighted by atomic mass is 9.74. The molecule has 0 atom stereocenters. The SMILES string of the molecule is CN(C)Cc1nnc(N2CCC3(CCc4ccccc43)CC2)o1. The van der Waals surface area contributed by atoms with Crippen molar-refractivity contribution in [3.05, 3.63) is 41.3 Å². The van der Waals surface area contributed by atoms with Gasteiger partial charge in [0.15, 0.2) is 0 Å². The van der Waals surface area contributed by atoms with E-state index in [1.807, 2.05) is 19.0 Å². The lowest BCUT2D eigenvalue weighted by molar-refractivity contribution is 0.311. The molecule has 2 aliphatic rings. The van der Waals surface area contributed by atoms with E-state index in [1.54, 1.807) is 11.1 Å². The van der Waals surface area contributed by atoms with Crippen LogP contribution in [0.3, 0.4) is 0 Å². The van der Waals surface area contributed by atoms with Gasteiger partial charge in [0.1, 0.15) is 0 Å². The maximum absolute atomic E-state index is 5.82. The van der Waals surface area contributed by atoms with Crippen LogP contribution in [-0.2, 0) is 18.4 Å². The Labute approximate surface area is 137 Å². The second-order valence-corrected chi connectivity index (χ2v) is 7.14. The molecule has 1 fully saturated rings. The van der Waals surface area contributed by atoms with Crippen LogP contribution in [0.4, 0.5) is 6.01 Å². The van der Waals surface area contributed by atoms with E-state index in [9.17, 15) is 0 Å². The normalized spacial score (nSPS) is 19.5. The average molecular weight is 312 g/mol. The lowest BCUT2D eigenvalue weighted by Gasteiger charge is -2.39. The van der Waals surface area contributed by atoms with Crippen LogP contribution in [0.5, 0.6) is 0 Å². The van der Waals surface area contributed by atoms with Crippen LogP contribution in [0.15, 0.2) is 28.7 Å². The van der Waals surface area contributed by atoms with Crippen LogP contribution >= 0.6 is 0 Å². The summed E-state index contributed by atoms with van der Waals surface area (Å²) >= 11 is 0. The van der Waals surface area contributed by atoms with Gasteiger partial charge in [-0.15, -0.1) is 5.10 Å². The maximum atomic E-state index is 5.82. The number of fused-ring (bicyclic) bond motifs is 2. The Morgan fingerprint density at radius 2 is 1.91 bits per heavy atom. The molecule has 0 N–H and O–H groups in total. The lowest BCUT2D eigenvalue weighted by Crippen LogP contribution is -2.41. The van der Waals surface area contributed by atoms with Crippen LogP contribution in [0.1, 0.15) is 36.3 Å². The largest absolute Gasteiger partial charge is 0.407 e. The first kappa shape index (κ1) is 14.7. The third-order valence-corrected chi connectivity index (χ3v) is 5.36. The van der Waals surface area contributed by atoms with Crippen molar-refractivity contribution in [1.29, 1.82) is 0 Å². The van der Waals surface area contributed by atoms with Crippen LogP contribution in [0.25, 0.3) is 0 Å². The second-order valence-electron chi connectivity index (χ2n) is 7.14. The molecule has 2 aromatic rings. The molecule has 1 aromatic heterocycles. The zero-order valence-electron chi connectivity index (χ0n) is 14.0. The molecule has 5 heteroatoms. The van der Waals surface area contributed by atoms with Crippen molar-refractivity contribution in [3.8, 4) is 0 Å². The van der Waals surface area contributed by atoms with E-state index < -0.39 is 0 Å². The van der Waals surface area contributed by atoms with Gasteiger partial charge in [-0.05, 0) is 56.3 Å². The summed E-state index contributed by atoms with van der Waals surface area (Å²) in [5.41, 5.74) is 3.50. The summed E-state index contributed by atoms with van der Waals surface area (Å²) < 4.78 is 5.82. The minimum Gasteiger partial charge on any atom is -0.407 e. The molecule has 0 saturated carbocycles. The highest BCUT2D eigenvalue weighted by atomic mass is 16.4. The van der Waals surface area contributed by atoms with E-state index in [1.165, 1.54) is 25.7 Å². The van der Waals surface area contributed by atoms with Crippen LogP contribution in [0, 0.1) is 0 Å². The number of aromatic nitrogens is 2. The third kappa shape index (κ3) is 2.63. The molecular weight excluding hydrogens is 288 g/mol. The molecule has 1 saturated heterocycles. The average Bonchev–Trinajstić information content (AvgIpc) is 3.14. The van der Waals surface area contributed by atoms with Gasteiger partial charge in [-0.2, -0.15) is 0 Å². The first-order chi connectivity index (χ1) is 11.2. The van der Waals surface area contributed by atoms with Crippen molar-refractivity contribution in [2.75, 3.05) is 32.1 Å². The molecule has 1 aliphatic heterocycles. The van der Waals surface area contributed by atoms with Gasteiger partial charge in [0.2, 0.25) is 5.89 Å². The Morgan fingerprint density at radius 3 is 2.70 bits per heavy atom. The van der Waals surface area contributed by atoms with E-state index in [2.05, 4.69) is 39.4 Å². The number of benzene rings is 1. The van der Waals surface area contributed by atoms with Crippen molar-refractivity contribution in [2.45, 2.75) is 37.6 Å². The predicted octanol–water partition coefficient (Wildman–Crippen LogP) is 2.62. The number of hydrogen-bond donors (Lipinski definition) is 0. The van der Waals surface area contributed by atoms with Gasteiger partial charge < -0.3 is 14.2 Å². The Bertz CT molecular complexity index is 686. The molecule has 23 heavy (non-hydrogen) atoms. The van der Waals surface area contributed by atoms with Gasteiger partial charge in [0.05, 0.1) is 6.54 Å². The molecule has 1 aliphatic carbocycles. The quantitative estimate of drug-likeness (QED) is 0.872. The maximum Gasteiger partial charge on any atom is 0.318 e. The summed E-state index contributed by atoms with van der Waals surface area (Å²) in [7, 11) is 4.01. The molecule has 2 heterocycles. The summed E-state index contributed by atoms with van der Waals surface area (Å²) in [6, 6.07) is 9.66. The Balaban J connectivity index is 1.47. The minimum atomic E-state index is 0.375. The van der Waals surface area contributed by atoms with Crippen molar-refractivity contribution >= 4 is 6.01 Å². The highest BCUT2D eigenvalue weighted by molar-refractivity contribution is 5.41. The van der Waals surface area contributed by atoms with Crippen LogP contribution in [0.2, 0.25) is 0 Å². The number of piperidine rings is 1. The monoisotopic (exact) mass is 312 g/mol. The highest BCUT2D eigenvalue weighted by Gasteiger charge is 2.41. The van der Waals surface area contributed by atoms with E-state index in [-0.39, 0.29) is 0 Å². The van der Waals surface area contributed by atoms with Gasteiger partial charge in [0.25, 0.3) is 0 Å². The zero-order chi connectivity index (χ0) is 15.9. The van der Waals surface area contributed by atoms with Gasteiger partial charge in [-0.3, -0.25) is 0 Å². The van der Waals surface area contributed by atoms with Crippen molar-refractivity contribution in [3.63, 3.8) is 0 Å². The predicted molar refractivity (Wildman–Crippen MR) is 89.6 cm³/mol. The third-order valence-electron chi connectivity index (χ3n) is 5.36. The smallest absolute Gasteiger partial charge is 0.318 e. The highest BCUT2D eigenvalue weighted by Crippen LogP contribution is 2.46. The molecule has 4 rings (SSSR count). The first-order valence-electron chi connectivity index (χ1n) is 8.47. The number of hydrogen-bond acceptors (Lipinski definition) is 5. The topological polar surface area (TPSA) is 45.4 Å². The van der Waals surface area contributed by atoms with E-state index in [0.717, 1.165) is 13.1 Å². The first-order valence-corrected chi connectivity index (χ1v) is 8.47. The summed E-state index contributed by atoms with van der Waals surface area (Å²) in [5.74, 6) is 0.691. The van der Waals surface area contributed by atoms with E-state index in [0.29, 0.717) is 23.9 Å². The molecule has 1 aromatic carbocycles. The van der Waals surface area contributed by atoms with E-state index in [4.69, 9.17) is 4.42 Å². The summed E-state index contributed by atoms with van der Waals surface area (Å²) in [4.78, 5) is 4.29. The summed E-state index contributed by atoms with van der Waals surface area (Å²) in [5, 5.41) is 8.39. The van der Waals surface area contributed by atoms with Crippen LogP contribution < -0.4 is 4.90 Å². The molecule has 1 spiro atoms. The van der Waals surface area contributed by atoms with E-state index >= 15 is 0 Å². The molecule has 122 valence electrons. The fraction of sp³-hybridized carbons (Fsp3) is 0.556. The van der Waals surface area contributed by atoms with Gasteiger partial charge >= 0.3 is 6.01 Å². The number of nitrogens with zero attached hydrogens (tertiary/aromatic N) is 4. The molecule has 0 amide bonds. The second kappa shape index (κ2) is 5.64. The van der Waals surface area contributed by atoms with Gasteiger partial charge in [-0.1, -0.05) is 29.4 Å². The van der Waals surface area contributed by atoms with Gasteiger partial charge in [-0.25, -0.2) is 0 Å². The fourth-order valence-corrected chi connectivity index (χ4v) is 4.12. The standard InChI is InChI=1S/C18H24N4O/c1-21(2)13-16-19-20-17(23-16)22-11-9-18(10-12-22)8-7-14-5-3-4-6-15(14)18/h3-6H,7-13H2,1-2H3. The number of aryl methyl sites for hydroxylation is 1. The van der Waals surface area contributed by atoms with Crippen molar-refractivity contribution in [1.82, 2.24) is 15.1 Å². The molecule has 0 bridgehead atoms. The Hall–Kier alpha value is -1.88. The van der Waals surface area contributed by atoms with Crippen LogP contribution in [-0.4, -0.2) is 42.3 Å². The van der Waals surface area contributed by atoms with Gasteiger partial charge in [0, 0.05) is 13.1 Å². The summed E-state index contributed by atoms with van der Waals surface area (Å²) in [6.45, 7) is 2.69. The summed E-state index contributed by atoms with van der Waals surface area (Å²) in [6.07, 6.45) is 4.87. The molecular formula is C18H24N4O. The zero-order valence-corrected chi connectivity index (χ0v) is 14.0. The van der Waals surface area contributed by atoms with Crippen molar-refractivity contribution < 1.29 is 4.42 Å². The number of anilines is 1. The Kier molecular flexibility index (Phi) is 3.60. The number of rotatable bonds is 3. The molecule has 0 radical (unpaired) electrons. The molecule has 5 nitrogen and oxygen atoms in total. The van der Waals surface area contributed by atoms with Crippen molar-refractivity contribution in [2.24, 2.45) is 0 Å². The fourth-order valence-electron chi connectivity index (χ4n) is 4.12. The Morgan fingerprint density at radius 1 is 1.13 bits per heavy atom.